The lowest BCUT2D eigenvalue weighted by molar-refractivity contribution is -0.157. The quantitative estimate of drug-likeness (QED) is 0.829. The zero-order chi connectivity index (χ0) is 13.7. The third-order valence-corrected chi connectivity index (χ3v) is 4.53. The molecule has 0 radical (unpaired) electrons. The average Bonchev–Trinajstić information content (AvgIpc) is 2.45. The molecule has 110 valence electrons. The van der Waals surface area contributed by atoms with Gasteiger partial charge in [0.2, 0.25) is 0 Å². The number of rotatable bonds is 5. The van der Waals surface area contributed by atoms with Crippen LogP contribution in [0.25, 0.3) is 0 Å². The first-order chi connectivity index (χ1) is 9.17. The lowest BCUT2D eigenvalue weighted by Gasteiger charge is -2.43. The first-order valence-electron chi connectivity index (χ1n) is 7.68. The van der Waals surface area contributed by atoms with Crippen molar-refractivity contribution in [2.75, 3.05) is 19.8 Å². The van der Waals surface area contributed by atoms with Gasteiger partial charge < -0.3 is 15.2 Å². The maximum Gasteiger partial charge on any atom is 0.152 e. The molecule has 2 rings (SSSR count). The summed E-state index contributed by atoms with van der Waals surface area (Å²) in [5, 5.41) is 0. The second kappa shape index (κ2) is 6.82. The zero-order valence-corrected chi connectivity index (χ0v) is 12.0. The number of carbonyl (C=O) groups excluding carboxylic acids is 1. The lowest BCUT2D eigenvalue weighted by atomic mass is 9.77. The van der Waals surface area contributed by atoms with Crippen LogP contribution in [0.4, 0.5) is 0 Å². The van der Waals surface area contributed by atoms with E-state index in [9.17, 15) is 4.79 Å². The SMILES string of the molecule is CCCCC(N)C(=O)C1CCOC2(CCOCC2)C1. The van der Waals surface area contributed by atoms with E-state index in [4.69, 9.17) is 15.2 Å². The molecule has 0 aromatic rings. The Morgan fingerprint density at radius 2 is 2.11 bits per heavy atom. The highest BCUT2D eigenvalue weighted by atomic mass is 16.5. The Labute approximate surface area is 116 Å². The lowest BCUT2D eigenvalue weighted by Crippen LogP contribution is -2.48. The third-order valence-electron chi connectivity index (χ3n) is 4.53. The number of carbonyl (C=O) groups is 1. The van der Waals surface area contributed by atoms with Crippen LogP contribution in [-0.4, -0.2) is 37.2 Å². The summed E-state index contributed by atoms with van der Waals surface area (Å²) in [4.78, 5) is 12.4. The van der Waals surface area contributed by atoms with Gasteiger partial charge in [0.25, 0.3) is 0 Å². The molecule has 4 heteroatoms. The molecule has 2 fully saturated rings. The second-order valence-corrected chi connectivity index (χ2v) is 5.98. The van der Waals surface area contributed by atoms with Crippen molar-refractivity contribution >= 4 is 5.78 Å². The number of hydrogen-bond donors (Lipinski definition) is 1. The predicted molar refractivity (Wildman–Crippen MR) is 74.0 cm³/mol. The van der Waals surface area contributed by atoms with Gasteiger partial charge in [-0.3, -0.25) is 4.79 Å². The van der Waals surface area contributed by atoms with Crippen molar-refractivity contribution in [1.29, 1.82) is 0 Å². The minimum Gasteiger partial charge on any atom is -0.381 e. The van der Waals surface area contributed by atoms with Crippen LogP contribution in [-0.2, 0) is 14.3 Å². The van der Waals surface area contributed by atoms with Crippen molar-refractivity contribution in [3.05, 3.63) is 0 Å². The molecule has 2 unspecified atom stereocenters. The van der Waals surface area contributed by atoms with E-state index >= 15 is 0 Å². The van der Waals surface area contributed by atoms with Gasteiger partial charge in [0, 0.05) is 25.7 Å². The van der Waals surface area contributed by atoms with Crippen LogP contribution in [0, 0.1) is 5.92 Å². The fraction of sp³-hybridized carbons (Fsp3) is 0.933. The van der Waals surface area contributed by atoms with Gasteiger partial charge in [-0.15, -0.1) is 0 Å². The van der Waals surface area contributed by atoms with Crippen LogP contribution in [0.1, 0.15) is 51.9 Å². The molecule has 2 saturated heterocycles. The molecular formula is C15H27NO3. The van der Waals surface area contributed by atoms with Crippen molar-refractivity contribution in [2.45, 2.75) is 63.5 Å². The van der Waals surface area contributed by atoms with E-state index in [2.05, 4.69) is 6.92 Å². The molecule has 0 saturated carbocycles. The van der Waals surface area contributed by atoms with Crippen LogP contribution in [0.2, 0.25) is 0 Å². The standard InChI is InChI=1S/C15H27NO3/c1-2-3-4-13(16)14(17)12-5-8-19-15(11-12)6-9-18-10-7-15/h12-13H,2-11,16H2,1H3. The average molecular weight is 269 g/mol. The van der Waals surface area contributed by atoms with E-state index in [0.717, 1.165) is 58.2 Å². The molecule has 19 heavy (non-hydrogen) atoms. The minimum atomic E-state index is -0.278. The van der Waals surface area contributed by atoms with Crippen molar-refractivity contribution in [2.24, 2.45) is 11.7 Å². The van der Waals surface area contributed by atoms with Crippen LogP contribution >= 0.6 is 0 Å². The summed E-state index contributed by atoms with van der Waals surface area (Å²) in [6.07, 6.45) is 6.46. The van der Waals surface area contributed by atoms with Gasteiger partial charge in [-0.05, 0) is 32.1 Å². The molecule has 0 aromatic carbocycles. The van der Waals surface area contributed by atoms with E-state index in [1.54, 1.807) is 0 Å². The van der Waals surface area contributed by atoms with E-state index in [1.165, 1.54) is 0 Å². The normalized spacial score (nSPS) is 28.2. The third kappa shape index (κ3) is 3.77. The number of unbranched alkanes of at least 4 members (excludes halogenated alkanes) is 1. The molecule has 0 amide bonds. The Morgan fingerprint density at radius 3 is 2.79 bits per heavy atom. The molecule has 2 N–H and O–H groups in total. The Bertz CT molecular complexity index is 294. The fourth-order valence-electron chi connectivity index (χ4n) is 3.23. The van der Waals surface area contributed by atoms with Gasteiger partial charge in [-0.2, -0.15) is 0 Å². The summed E-state index contributed by atoms with van der Waals surface area (Å²) in [6, 6.07) is -0.278. The molecule has 1 spiro atoms. The summed E-state index contributed by atoms with van der Waals surface area (Å²) >= 11 is 0. The minimum absolute atomic E-state index is 0.0960. The van der Waals surface area contributed by atoms with Gasteiger partial charge >= 0.3 is 0 Å². The Morgan fingerprint density at radius 1 is 1.37 bits per heavy atom. The predicted octanol–water partition coefficient (Wildman–Crippen LogP) is 2.05. The Hall–Kier alpha value is -0.450. The topological polar surface area (TPSA) is 61.6 Å². The Kier molecular flexibility index (Phi) is 5.37. The smallest absolute Gasteiger partial charge is 0.152 e. The summed E-state index contributed by atoms with van der Waals surface area (Å²) in [5.41, 5.74) is 5.93. The summed E-state index contributed by atoms with van der Waals surface area (Å²) < 4.78 is 11.4. The maximum atomic E-state index is 12.4. The molecule has 0 aliphatic carbocycles. The first-order valence-corrected chi connectivity index (χ1v) is 7.68. The van der Waals surface area contributed by atoms with E-state index in [1.807, 2.05) is 0 Å². The summed E-state index contributed by atoms with van der Waals surface area (Å²) in [7, 11) is 0. The van der Waals surface area contributed by atoms with Crippen molar-refractivity contribution in [3.63, 3.8) is 0 Å². The van der Waals surface area contributed by atoms with Crippen molar-refractivity contribution in [3.8, 4) is 0 Å². The highest BCUT2D eigenvalue weighted by Crippen LogP contribution is 2.37. The van der Waals surface area contributed by atoms with Crippen molar-refractivity contribution < 1.29 is 14.3 Å². The zero-order valence-electron chi connectivity index (χ0n) is 12.0. The monoisotopic (exact) mass is 269 g/mol. The molecule has 2 aliphatic rings. The number of ketones is 1. The maximum absolute atomic E-state index is 12.4. The molecule has 0 bridgehead atoms. The number of Topliss-reactive ketones (excluding diaryl/α,β-unsaturated/α-hetero) is 1. The molecule has 2 heterocycles. The molecule has 2 atom stereocenters. The molecular weight excluding hydrogens is 242 g/mol. The number of hydrogen-bond acceptors (Lipinski definition) is 4. The highest BCUT2D eigenvalue weighted by Gasteiger charge is 2.41. The Balaban J connectivity index is 1.91. The molecule has 2 aliphatic heterocycles. The number of ether oxygens (including phenoxy) is 2. The first kappa shape index (κ1) is 14.9. The van der Waals surface area contributed by atoms with Crippen LogP contribution in [0.5, 0.6) is 0 Å². The van der Waals surface area contributed by atoms with Crippen LogP contribution in [0.3, 0.4) is 0 Å². The van der Waals surface area contributed by atoms with Gasteiger partial charge in [0.15, 0.2) is 5.78 Å². The fourth-order valence-corrected chi connectivity index (χ4v) is 3.23. The van der Waals surface area contributed by atoms with E-state index in [-0.39, 0.29) is 23.3 Å². The van der Waals surface area contributed by atoms with Gasteiger partial charge in [-0.1, -0.05) is 19.8 Å². The largest absolute Gasteiger partial charge is 0.381 e. The van der Waals surface area contributed by atoms with Crippen LogP contribution in [0.15, 0.2) is 0 Å². The van der Waals surface area contributed by atoms with Crippen LogP contribution < -0.4 is 5.73 Å². The van der Waals surface area contributed by atoms with Gasteiger partial charge in [0.05, 0.1) is 11.6 Å². The van der Waals surface area contributed by atoms with Crippen molar-refractivity contribution in [1.82, 2.24) is 0 Å². The van der Waals surface area contributed by atoms with Gasteiger partial charge in [0.1, 0.15) is 0 Å². The van der Waals surface area contributed by atoms with E-state index < -0.39 is 0 Å². The molecule has 4 nitrogen and oxygen atoms in total. The highest BCUT2D eigenvalue weighted by molar-refractivity contribution is 5.86. The molecule has 0 aromatic heterocycles. The summed E-state index contributed by atoms with van der Waals surface area (Å²) in [5.74, 6) is 0.348. The second-order valence-electron chi connectivity index (χ2n) is 5.98. The van der Waals surface area contributed by atoms with Gasteiger partial charge in [-0.25, -0.2) is 0 Å². The summed E-state index contributed by atoms with van der Waals surface area (Å²) in [6.45, 7) is 4.32. The number of nitrogens with two attached hydrogens (primary N) is 1. The van der Waals surface area contributed by atoms with E-state index in [0.29, 0.717) is 6.61 Å².